The smallest absolute Gasteiger partial charge is 0.166 e. The molecule has 112 valence electrons. The van der Waals surface area contributed by atoms with Gasteiger partial charge in [0, 0.05) is 5.56 Å². The largest absolute Gasteiger partial charge is 0.419 e. The third kappa shape index (κ3) is 3.26. The van der Waals surface area contributed by atoms with Crippen molar-refractivity contribution in [2.75, 3.05) is 0 Å². The van der Waals surface area contributed by atoms with Gasteiger partial charge in [0.2, 0.25) is 0 Å². The lowest BCUT2D eigenvalue weighted by Gasteiger charge is -2.13. The van der Waals surface area contributed by atoms with Crippen LogP contribution in [-0.4, -0.2) is 10.2 Å². The SMILES string of the molecule is FC(F)(F)c1ccccc1-c1cc(C(F)(F)F)c(Cl)nn1. The lowest BCUT2D eigenvalue weighted by Crippen LogP contribution is -2.10. The van der Waals surface area contributed by atoms with Crippen molar-refractivity contribution in [1.82, 2.24) is 10.2 Å². The fourth-order valence-electron chi connectivity index (χ4n) is 1.66. The van der Waals surface area contributed by atoms with E-state index in [2.05, 4.69) is 10.2 Å². The molecule has 0 bridgehead atoms. The molecule has 0 saturated carbocycles. The van der Waals surface area contributed by atoms with Crippen LogP contribution in [0.5, 0.6) is 0 Å². The molecule has 0 aliphatic carbocycles. The molecule has 0 amide bonds. The van der Waals surface area contributed by atoms with Gasteiger partial charge in [-0.1, -0.05) is 29.8 Å². The normalized spacial score (nSPS) is 12.5. The maximum atomic E-state index is 12.9. The first-order valence-corrected chi connectivity index (χ1v) is 5.75. The van der Waals surface area contributed by atoms with E-state index in [1.165, 1.54) is 6.07 Å². The molecule has 2 aromatic rings. The summed E-state index contributed by atoms with van der Waals surface area (Å²) in [4.78, 5) is 0. The number of aromatic nitrogens is 2. The first kappa shape index (κ1) is 15.6. The van der Waals surface area contributed by atoms with Gasteiger partial charge in [-0.15, -0.1) is 10.2 Å². The zero-order valence-corrected chi connectivity index (χ0v) is 10.7. The zero-order valence-electron chi connectivity index (χ0n) is 9.93. The van der Waals surface area contributed by atoms with E-state index >= 15 is 0 Å². The first-order chi connectivity index (χ1) is 9.60. The molecule has 0 saturated heterocycles. The molecule has 0 spiro atoms. The van der Waals surface area contributed by atoms with E-state index in [0.717, 1.165) is 18.2 Å². The molecule has 0 radical (unpaired) electrons. The Hall–Kier alpha value is -1.83. The van der Waals surface area contributed by atoms with E-state index in [0.29, 0.717) is 6.07 Å². The molecule has 0 atom stereocenters. The van der Waals surface area contributed by atoms with E-state index in [9.17, 15) is 26.3 Å². The summed E-state index contributed by atoms with van der Waals surface area (Å²) in [5.41, 5.74) is -3.50. The van der Waals surface area contributed by atoms with Crippen LogP contribution in [0.15, 0.2) is 30.3 Å². The van der Waals surface area contributed by atoms with Crippen LogP contribution >= 0.6 is 11.6 Å². The van der Waals surface area contributed by atoms with E-state index in [-0.39, 0.29) is 0 Å². The van der Waals surface area contributed by atoms with E-state index < -0.39 is 39.9 Å². The van der Waals surface area contributed by atoms with Crippen LogP contribution in [0.25, 0.3) is 11.3 Å². The molecular formula is C12H5ClF6N2. The van der Waals surface area contributed by atoms with Crippen LogP contribution < -0.4 is 0 Å². The van der Waals surface area contributed by atoms with Gasteiger partial charge < -0.3 is 0 Å². The van der Waals surface area contributed by atoms with Gasteiger partial charge in [-0.2, -0.15) is 26.3 Å². The van der Waals surface area contributed by atoms with Gasteiger partial charge in [0.05, 0.1) is 16.8 Å². The predicted octanol–water partition coefficient (Wildman–Crippen LogP) is 4.83. The Morgan fingerprint density at radius 3 is 1.95 bits per heavy atom. The number of halogens is 7. The third-order valence-electron chi connectivity index (χ3n) is 2.56. The van der Waals surface area contributed by atoms with Gasteiger partial charge in [0.1, 0.15) is 0 Å². The van der Waals surface area contributed by atoms with E-state index in [4.69, 9.17) is 11.6 Å². The standard InChI is InChI=1S/C12H5ClF6N2/c13-10-8(12(17,18)19)5-9(20-21-10)6-3-1-2-4-7(6)11(14,15)16/h1-5H. The number of hydrogen-bond acceptors (Lipinski definition) is 2. The van der Waals surface area contributed by atoms with E-state index in [1.54, 1.807) is 0 Å². The molecule has 9 heteroatoms. The second-order valence-corrected chi connectivity index (χ2v) is 4.33. The zero-order chi connectivity index (χ0) is 15.8. The first-order valence-electron chi connectivity index (χ1n) is 5.37. The van der Waals surface area contributed by atoms with Crippen LogP contribution in [0.4, 0.5) is 26.3 Å². The minimum Gasteiger partial charge on any atom is -0.166 e. The summed E-state index contributed by atoms with van der Waals surface area (Å²) < 4.78 is 76.7. The highest BCUT2D eigenvalue weighted by Gasteiger charge is 2.37. The number of nitrogens with zero attached hydrogens (tertiary/aromatic N) is 2. The summed E-state index contributed by atoms with van der Waals surface area (Å²) in [6.07, 6.45) is -9.56. The van der Waals surface area contributed by atoms with Gasteiger partial charge in [-0.3, -0.25) is 0 Å². The molecule has 21 heavy (non-hydrogen) atoms. The molecule has 0 fully saturated rings. The second-order valence-electron chi connectivity index (χ2n) is 3.98. The average Bonchev–Trinajstić information content (AvgIpc) is 2.37. The molecule has 0 aliphatic heterocycles. The fraction of sp³-hybridized carbons (Fsp3) is 0.167. The highest BCUT2D eigenvalue weighted by atomic mass is 35.5. The van der Waals surface area contributed by atoms with Crippen LogP contribution in [0, 0.1) is 0 Å². The lowest BCUT2D eigenvalue weighted by atomic mass is 10.0. The Labute approximate surface area is 119 Å². The quantitative estimate of drug-likeness (QED) is 0.701. The number of benzene rings is 1. The topological polar surface area (TPSA) is 25.8 Å². The maximum Gasteiger partial charge on any atom is 0.419 e. The third-order valence-corrected chi connectivity index (χ3v) is 2.84. The van der Waals surface area contributed by atoms with Crippen LogP contribution in [-0.2, 0) is 12.4 Å². The summed E-state index contributed by atoms with van der Waals surface area (Å²) in [5.74, 6) is 0. The molecule has 0 unspecified atom stereocenters. The average molecular weight is 327 g/mol. The summed E-state index contributed by atoms with van der Waals surface area (Å²) in [6.45, 7) is 0. The Kier molecular flexibility index (Phi) is 3.83. The van der Waals surface area contributed by atoms with Gasteiger partial charge in [0.25, 0.3) is 0 Å². The van der Waals surface area contributed by atoms with E-state index in [1.807, 2.05) is 0 Å². The van der Waals surface area contributed by atoms with Gasteiger partial charge >= 0.3 is 12.4 Å². The number of hydrogen-bond donors (Lipinski definition) is 0. The molecule has 2 rings (SSSR count). The number of rotatable bonds is 1. The summed E-state index contributed by atoms with van der Waals surface area (Å²) in [5, 5.41) is 5.47. The van der Waals surface area contributed by atoms with Crippen LogP contribution in [0.2, 0.25) is 5.15 Å². The minimum absolute atomic E-state index is 0.444. The highest BCUT2D eigenvalue weighted by Crippen LogP contribution is 2.39. The predicted molar refractivity (Wildman–Crippen MR) is 62.5 cm³/mol. The Morgan fingerprint density at radius 2 is 1.38 bits per heavy atom. The minimum atomic E-state index is -4.84. The van der Waals surface area contributed by atoms with Crippen molar-refractivity contribution in [2.24, 2.45) is 0 Å². The molecule has 2 nitrogen and oxygen atoms in total. The monoisotopic (exact) mass is 326 g/mol. The van der Waals surface area contributed by atoms with Crippen molar-refractivity contribution >= 4 is 11.6 Å². The number of alkyl halides is 6. The van der Waals surface area contributed by atoms with Gasteiger partial charge in [0.15, 0.2) is 5.15 Å². The van der Waals surface area contributed by atoms with Crippen LogP contribution in [0.1, 0.15) is 11.1 Å². The Balaban J connectivity index is 2.64. The summed E-state index contributed by atoms with van der Waals surface area (Å²) in [7, 11) is 0. The molecule has 0 N–H and O–H groups in total. The van der Waals surface area contributed by atoms with Crippen molar-refractivity contribution in [3.8, 4) is 11.3 Å². The van der Waals surface area contributed by atoms with Crippen molar-refractivity contribution in [2.45, 2.75) is 12.4 Å². The second kappa shape index (κ2) is 5.18. The van der Waals surface area contributed by atoms with Crippen molar-refractivity contribution in [3.05, 3.63) is 46.6 Å². The van der Waals surface area contributed by atoms with Gasteiger partial charge in [-0.25, -0.2) is 0 Å². The molecule has 1 heterocycles. The van der Waals surface area contributed by atoms with Crippen molar-refractivity contribution in [3.63, 3.8) is 0 Å². The van der Waals surface area contributed by atoms with Gasteiger partial charge in [-0.05, 0) is 12.1 Å². The fourth-order valence-corrected chi connectivity index (χ4v) is 1.86. The molecule has 1 aromatic heterocycles. The Bertz CT molecular complexity index is 666. The molecule has 0 aliphatic rings. The summed E-state index contributed by atoms with van der Waals surface area (Å²) in [6, 6.07) is 4.59. The summed E-state index contributed by atoms with van der Waals surface area (Å²) >= 11 is 5.28. The highest BCUT2D eigenvalue weighted by molar-refractivity contribution is 6.30. The molecular weight excluding hydrogens is 322 g/mol. The van der Waals surface area contributed by atoms with Crippen LogP contribution in [0.3, 0.4) is 0 Å². The Morgan fingerprint density at radius 1 is 0.810 bits per heavy atom. The molecule has 1 aromatic carbocycles. The maximum absolute atomic E-state index is 12.9. The van der Waals surface area contributed by atoms with Crippen molar-refractivity contribution < 1.29 is 26.3 Å². The lowest BCUT2D eigenvalue weighted by molar-refractivity contribution is -0.137. The van der Waals surface area contributed by atoms with Crippen molar-refractivity contribution in [1.29, 1.82) is 0 Å².